The summed E-state index contributed by atoms with van der Waals surface area (Å²) in [6, 6.07) is 12.3. The molecule has 3 rings (SSSR count). The Morgan fingerprint density at radius 2 is 2.00 bits per heavy atom. The summed E-state index contributed by atoms with van der Waals surface area (Å²) in [5, 5.41) is 4.93. The van der Waals surface area contributed by atoms with Crippen LogP contribution in [0.5, 0.6) is 0 Å². The molecule has 1 N–H and O–H groups in total. The summed E-state index contributed by atoms with van der Waals surface area (Å²) >= 11 is 1.69. The van der Waals surface area contributed by atoms with Gasteiger partial charge in [0.1, 0.15) is 0 Å². The highest BCUT2D eigenvalue weighted by atomic mass is 32.1. The summed E-state index contributed by atoms with van der Waals surface area (Å²) in [4.78, 5) is 29.0. The molecule has 2 aromatic rings. The average Bonchev–Trinajstić information content (AvgIpc) is 3.26. The highest BCUT2D eigenvalue weighted by molar-refractivity contribution is 7.13. The smallest absolute Gasteiger partial charge is 0.254 e. The maximum absolute atomic E-state index is 13.1. The Kier molecular flexibility index (Phi) is 6.78. The Balaban J connectivity index is 1.85. The van der Waals surface area contributed by atoms with E-state index in [1.165, 1.54) is 4.88 Å². The molecule has 0 unspecified atom stereocenters. The van der Waals surface area contributed by atoms with Gasteiger partial charge < -0.3 is 15.0 Å². The van der Waals surface area contributed by atoms with E-state index in [1.807, 2.05) is 39.0 Å². The number of hydrogen-bond acceptors (Lipinski definition) is 4. The molecular weight excluding hydrogens is 396 g/mol. The first kappa shape index (κ1) is 22.2. The van der Waals surface area contributed by atoms with E-state index in [4.69, 9.17) is 4.74 Å². The van der Waals surface area contributed by atoms with Gasteiger partial charge in [0.25, 0.3) is 5.91 Å². The summed E-state index contributed by atoms with van der Waals surface area (Å²) in [7, 11) is 0. The van der Waals surface area contributed by atoms with Gasteiger partial charge in [-0.3, -0.25) is 9.59 Å². The van der Waals surface area contributed by atoms with Crippen LogP contribution in [0.4, 0.5) is 0 Å². The van der Waals surface area contributed by atoms with Crippen LogP contribution in [0.25, 0.3) is 10.4 Å². The van der Waals surface area contributed by atoms with Gasteiger partial charge in [-0.15, -0.1) is 17.9 Å². The lowest BCUT2D eigenvalue weighted by atomic mass is 9.88. The van der Waals surface area contributed by atoms with E-state index >= 15 is 0 Å². The van der Waals surface area contributed by atoms with Crippen molar-refractivity contribution in [1.29, 1.82) is 0 Å². The zero-order valence-corrected chi connectivity index (χ0v) is 18.8. The SMILES string of the molecule is C=CCNC(=O)[C@@]1(Cc2ccc(-c3cccs3)cc2)CN(C(=O)C(C)(C)C)CCO1. The average molecular weight is 427 g/mol. The Morgan fingerprint density at radius 1 is 1.27 bits per heavy atom. The Hall–Kier alpha value is -2.44. The molecule has 0 radical (unpaired) electrons. The van der Waals surface area contributed by atoms with Crippen molar-refractivity contribution in [2.24, 2.45) is 5.41 Å². The fourth-order valence-electron chi connectivity index (χ4n) is 3.64. The highest BCUT2D eigenvalue weighted by Crippen LogP contribution is 2.29. The van der Waals surface area contributed by atoms with Crippen LogP contribution in [0.15, 0.2) is 54.4 Å². The Bertz CT molecular complexity index is 884. The van der Waals surface area contributed by atoms with Crippen molar-refractivity contribution < 1.29 is 14.3 Å². The number of carbonyl (C=O) groups excluding carboxylic acids is 2. The molecule has 0 bridgehead atoms. The number of nitrogens with zero attached hydrogens (tertiary/aromatic N) is 1. The molecule has 2 heterocycles. The van der Waals surface area contributed by atoms with Gasteiger partial charge in [-0.1, -0.05) is 57.2 Å². The van der Waals surface area contributed by atoms with Gasteiger partial charge in [0, 0.05) is 29.8 Å². The molecule has 160 valence electrons. The lowest BCUT2D eigenvalue weighted by molar-refractivity contribution is -0.169. The molecule has 5 nitrogen and oxygen atoms in total. The van der Waals surface area contributed by atoms with Crippen LogP contribution in [0.1, 0.15) is 26.3 Å². The first-order valence-electron chi connectivity index (χ1n) is 10.2. The summed E-state index contributed by atoms with van der Waals surface area (Å²) in [6.07, 6.45) is 2.04. The molecule has 1 saturated heterocycles. The predicted molar refractivity (Wildman–Crippen MR) is 121 cm³/mol. The molecule has 0 saturated carbocycles. The third-order valence-corrected chi connectivity index (χ3v) is 6.10. The van der Waals surface area contributed by atoms with E-state index in [2.05, 4.69) is 35.5 Å². The standard InChI is InChI=1S/C24H30N2O3S/c1-5-12-25-21(27)24(17-26(13-14-29-24)22(28)23(2,3)4)16-18-8-10-19(11-9-18)20-7-6-15-30-20/h5-11,15H,1,12-14,16-17H2,2-4H3,(H,25,27)/t24-/m1/s1. The lowest BCUT2D eigenvalue weighted by Gasteiger charge is -2.43. The molecule has 0 aliphatic carbocycles. The minimum Gasteiger partial charge on any atom is -0.361 e. The molecule has 0 spiro atoms. The maximum Gasteiger partial charge on any atom is 0.254 e. The van der Waals surface area contributed by atoms with E-state index in [1.54, 1.807) is 22.3 Å². The van der Waals surface area contributed by atoms with E-state index in [0.717, 1.165) is 11.1 Å². The number of benzene rings is 1. The lowest BCUT2D eigenvalue weighted by Crippen LogP contribution is -2.63. The van der Waals surface area contributed by atoms with Crippen LogP contribution in [0.2, 0.25) is 0 Å². The van der Waals surface area contributed by atoms with Gasteiger partial charge in [-0.05, 0) is 22.6 Å². The fraction of sp³-hybridized carbons (Fsp3) is 0.417. The van der Waals surface area contributed by atoms with Gasteiger partial charge in [0.2, 0.25) is 5.91 Å². The van der Waals surface area contributed by atoms with Crippen LogP contribution in [0, 0.1) is 5.41 Å². The van der Waals surface area contributed by atoms with Crippen molar-refractivity contribution >= 4 is 23.2 Å². The predicted octanol–water partition coefficient (Wildman–Crippen LogP) is 3.90. The number of hydrogen-bond donors (Lipinski definition) is 1. The molecule has 1 aliphatic heterocycles. The number of rotatable bonds is 6. The van der Waals surface area contributed by atoms with Crippen molar-refractivity contribution in [3.63, 3.8) is 0 Å². The van der Waals surface area contributed by atoms with Crippen LogP contribution < -0.4 is 5.32 Å². The molecule has 6 heteroatoms. The monoisotopic (exact) mass is 426 g/mol. The van der Waals surface area contributed by atoms with Crippen molar-refractivity contribution in [2.75, 3.05) is 26.2 Å². The quantitative estimate of drug-likeness (QED) is 0.713. The maximum atomic E-state index is 13.1. The van der Waals surface area contributed by atoms with Crippen LogP contribution >= 0.6 is 11.3 Å². The minimum atomic E-state index is -1.12. The second-order valence-corrected chi connectivity index (χ2v) is 9.62. The zero-order valence-electron chi connectivity index (χ0n) is 17.9. The number of carbonyl (C=O) groups is 2. The van der Waals surface area contributed by atoms with Crippen LogP contribution in [-0.2, 0) is 20.7 Å². The molecule has 1 aliphatic rings. The molecule has 1 fully saturated rings. The van der Waals surface area contributed by atoms with E-state index < -0.39 is 11.0 Å². The van der Waals surface area contributed by atoms with Crippen molar-refractivity contribution in [3.8, 4) is 10.4 Å². The van der Waals surface area contributed by atoms with Gasteiger partial charge in [-0.2, -0.15) is 0 Å². The van der Waals surface area contributed by atoms with Crippen LogP contribution in [0.3, 0.4) is 0 Å². The molecule has 30 heavy (non-hydrogen) atoms. The van der Waals surface area contributed by atoms with Crippen LogP contribution in [-0.4, -0.2) is 48.6 Å². The first-order valence-corrected chi connectivity index (χ1v) is 11.1. The summed E-state index contributed by atoms with van der Waals surface area (Å²) in [5.41, 5.74) is 0.512. The number of thiophene rings is 1. The van der Waals surface area contributed by atoms with E-state index in [9.17, 15) is 9.59 Å². The number of nitrogens with one attached hydrogen (secondary N) is 1. The highest BCUT2D eigenvalue weighted by Gasteiger charge is 2.46. The van der Waals surface area contributed by atoms with Crippen molar-refractivity contribution in [1.82, 2.24) is 10.2 Å². The van der Waals surface area contributed by atoms with E-state index in [-0.39, 0.29) is 18.4 Å². The zero-order chi connectivity index (χ0) is 21.8. The van der Waals surface area contributed by atoms with Gasteiger partial charge >= 0.3 is 0 Å². The normalized spacial score (nSPS) is 19.4. The van der Waals surface area contributed by atoms with Gasteiger partial charge in [0.15, 0.2) is 5.60 Å². The van der Waals surface area contributed by atoms with Gasteiger partial charge in [-0.25, -0.2) is 0 Å². The Morgan fingerprint density at radius 3 is 2.60 bits per heavy atom. The topological polar surface area (TPSA) is 58.6 Å². The van der Waals surface area contributed by atoms with Gasteiger partial charge in [0.05, 0.1) is 13.2 Å². The Labute approximate surface area is 182 Å². The second kappa shape index (κ2) is 9.14. The minimum absolute atomic E-state index is 0.0275. The number of amides is 2. The molecule has 1 aromatic carbocycles. The summed E-state index contributed by atoms with van der Waals surface area (Å²) < 4.78 is 6.09. The number of morpholine rings is 1. The second-order valence-electron chi connectivity index (χ2n) is 8.67. The fourth-order valence-corrected chi connectivity index (χ4v) is 4.37. The summed E-state index contributed by atoms with van der Waals surface area (Å²) in [5.74, 6) is -0.184. The third-order valence-electron chi connectivity index (χ3n) is 5.18. The third kappa shape index (κ3) is 4.99. The number of ether oxygens (including phenoxy) is 1. The van der Waals surface area contributed by atoms with Crippen molar-refractivity contribution in [3.05, 3.63) is 60.0 Å². The first-order chi connectivity index (χ1) is 14.2. The largest absolute Gasteiger partial charge is 0.361 e. The molecule has 1 aromatic heterocycles. The molecule has 1 atom stereocenters. The molecule has 2 amide bonds. The van der Waals surface area contributed by atoms with E-state index in [0.29, 0.717) is 26.1 Å². The molecular formula is C24H30N2O3S. The van der Waals surface area contributed by atoms with Crippen molar-refractivity contribution in [2.45, 2.75) is 32.8 Å². The summed E-state index contributed by atoms with van der Waals surface area (Å²) in [6.45, 7) is 10.8.